The Hall–Kier alpha value is -1.50. The van der Waals surface area contributed by atoms with Crippen LogP contribution in [0.25, 0.3) is 0 Å². The third-order valence-corrected chi connectivity index (χ3v) is 2.86. The number of fused-ring (bicyclic) bond motifs is 1. The molecule has 0 radical (unpaired) electrons. The molecule has 7 heteroatoms. The molecular weight excluding hydrogens is 272 g/mol. The number of amides is 1. The Kier molecular flexibility index (Phi) is 4.47. The van der Waals surface area contributed by atoms with Crippen LogP contribution in [0.5, 0.6) is 11.5 Å². The van der Waals surface area contributed by atoms with Gasteiger partial charge in [0.25, 0.3) is 5.91 Å². The molecular formula is C12H15ClN2O4. The van der Waals surface area contributed by atoms with E-state index in [1.165, 1.54) is 0 Å². The second-order valence-electron chi connectivity index (χ2n) is 4.12. The molecule has 1 aromatic carbocycles. The molecule has 19 heavy (non-hydrogen) atoms. The summed E-state index contributed by atoms with van der Waals surface area (Å²) in [6.07, 6.45) is -0.441. The molecule has 0 aliphatic carbocycles. The molecule has 1 amide bonds. The van der Waals surface area contributed by atoms with Crippen molar-refractivity contribution in [2.24, 2.45) is 0 Å². The van der Waals surface area contributed by atoms with Crippen molar-refractivity contribution in [3.05, 3.63) is 18.2 Å². The molecule has 1 atom stereocenters. The predicted octanol–water partition coefficient (Wildman–Crippen LogP) is 0.764. The van der Waals surface area contributed by atoms with Gasteiger partial charge in [0.05, 0.1) is 6.61 Å². The van der Waals surface area contributed by atoms with Crippen molar-refractivity contribution in [2.75, 3.05) is 31.8 Å². The minimum Gasteiger partial charge on any atom is -0.454 e. The van der Waals surface area contributed by atoms with Crippen LogP contribution in [0.1, 0.15) is 0 Å². The predicted molar refractivity (Wildman–Crippen MR) is 71.1 cm³/mol. The van der Waals surface area contributed by atoms with Crippen molar-refractivity contribution in [3.63, 3.8) is 0 Å². The fraction of sp³-hybridized carbons (Fsp3) is 0.417. The summed E-state index contributed by atoms with van der Waals surface area (Å²) in [5, 5.41) is 5.91. The van der Waals surface area contributed by atoms with Crippen LogP contribution in [0.4, 0.5) is 5.69 Å². The van der Waals surface area contributed by atoms with E-state index in [9.17, 15) is 4.79 Å². The van der Waals surface area contributed by atoms with Crippen molar-refractivity contribution in [1.29, 1.82) is 0 Å². The molecule has 0 spiro atoms. The smallest absolute Gasteiger partial charge is 0.254 e. The topological polar surface area (TPSA) is 68.8 Å². The first kappa shape index (κ1) is 13.9. The monoisotopic (exact) mass is 286 g/mol. The molecule has 0 bridgehead atoms. The molecule has 104 valence electrons. The molecule has 2 N–H and O–H groups in total. The van der Waals surface area contributed by atoms with E-state index in [4.69, 9.17) is 14.2 Å². The van der Waals surface area contributed by atoms with Gasteiger partial charge in [0.1, 0.15) is 6.10 Å². The van der Waals surface area contributed by atoms with Crippen LogP contribution in [-0.4, -0.2) is 38.5 Å². The Morgan fingerprint density at radius 2 is 2.16 bits per heavy atom. The lowest BCUT2D eigenvalue weighted by Crippen LogP contribution is -2.45. The van der Waals surface area contributed by atoms with Gasteiger partial charge in [-0.1, -0.05) is 0 Å². The van der Waals surface area contributed by atoms with Crippen LogP contribution in [0.15, 0.2) is 18.2 Å². The number of morpholine rings is 1. The molecule has 0 saturated carbocycles. The van der Waals surface area contributed by atoms with E-state index in [-0.39, 0.29) is 25.1 Å². The highest BCUT2D eigenvalue weighted by atomic mass is 35.5. The molecule has 3 rings (SSSR count). The Bertz CT molecular complexity index is 463. The Morgan fingerprint density at radius 1 is 1.32 bits per heavy atom. The first-order valence-corrected chi connectivity index (χ1v) is 5.86. The summed E-state index contributed by atoms with van der Waals surface area (Å²) in [4.78, 5) is 11.9. The van der Waals surface area contributed by atoms with E-state index >= 15 is 0 Å². The number of ether oxygens (including phenoxy) is 3. The molecule has 2 aliphatic heterocycles. The van der Waals surface area contributed by atoms with E-state index in [0.717, 1.165) is 6.54 Å². The van der Waals surface area contributed by atoms with Crippen molar-refractivity contribution in [2.45, 2.75) is 6.10 Å². The second kappa shape index (κ2) is 6.10. The maximum absolute atomic E-state index is 11.9. The average molecular weight is 287 g/mol. The van der Waals surface area contributed by atoms with Crippen molar-refractivity contribution in [1.82, 2.24) is 5.32 Å². The molecule has 2 heterocycles. The number of hydrogen-bond donors (Lipinski definition) is 2. The molecule has 1 saturated heterocycles. The highest BCUT2D eigenvalue weighted by Crippen LogP contribution is 2.34. The normalized spacial score (nSPS) is 20.5. The quantitative estimate of drug-likeness (QED) is 0.840. The van der Waals surface area contributed by atoms with Gasteiger partial charge in [0.15, 0.2) is 11.5 Å². The lowest BCUT2D eigenvalue weighted by atomic mass is 10.2. The van der Waals surface area contributed by atoms with E-state index in [2.05, 4.69) is 10.6 Å². The first-order valence-electron chi connectivity index (χ1n) is 5.86. The standard InChI is InChI=1S/C12H14N2O4.ClH/c15-12(11-6-13-3-4-16-11)14-8-1-2-9-10(5-8)18-7-17-9;/h1-2,5,11,13H,3-4,6-7H2,(H,14,15);1H. The summed E-state index contributed by atoms with van der Waals surface area (Å²) >= 11 is 0. The third-order valence-electron chi connectivity index (χ3n) is 2.86. The molecule has 6 nitrogen and oxygen atoms in total. The van der Waals surface area contributed by atoms with Gasteiger partial charge in [-0.05, 0) is 12.1 Å². The zero-order valence-electron chi connectivity index (χ0n) is 10.2. The van der Waals surface area contributed by atoms with Gasteiger partial charge < -0.3 is 24.8 Å². The maximum Gasteiger partial charge on any atom is 0.254 e. The Morgan fingerprint density at radius 3 is 2.95 bits per heavy atom. The van der Waals surface area contributed by atoms with Crippen LogP contribution in [0.3, 0.4) is 0 Å². The van der Waals surface area contributed by atoms with Gasteiger partial charge >= 0.3 is 0 Å². The Balaban J connectivity index is 0.00000133. The summed E-state index contributed by atoms with van der Waals surface area (Å²) in [5.41, 5.74) is 0.679. The van der Waals surface area contributed by atoms with E-state index in [1.807, 2.05) is 0 Å². The molecule has 2 aliphatic rings. The van der Waals surface area contributed by atoms with Gasteiger partial charge in [-0.25, -0.2) is 0 Å². The highest BCUT2D eigenvalue weighted by molar-refractivity contribution is 5.94. The van der Waals surface area contributed by atoms with Crippen LogP contribution in [-0.2, 0) is 9.53 Å². The zero-order valence-corrected chi connectivity index (χ0v) is 11.0. The molecule has 1 fully saturated rings. The zero-order chi connectivity index (χ0) is 12.4. The number of nitrogens with one attached hydrogen (secondary N) is 2. The Labute approximate surface area is 116 Å². The van der Waals surface area contributed by atoms with Crippen molar-refractivity contribution in [3.8, 4) is 11.5 Å². The lowest BCUT2D eigenvalue weighted by molar-refractivity contribution is -0.128. The SMILES string of the molecule is Cl.O=C(Nc1ccc2c(c1)OCO2)C1CNCCO1. The van der Waals surface area contributed by atoms with Crippen LogP contribution >= 0.6 is 12.4 Å². The van der Waals surface area contributed by atoms with Gasteiger partial charge in [-0.2, -0.15) is 0 Å². The molecule has 1 aromatic rings. The second-order valence-corrected chi connectivity index (χ2v) is 4.12. The van der Waals surface area contributed by atoms with Crippen LogP contribution in [0.2, 0.25) is 0 Å². The van der Waals surface area contributed by atoms with E-state index in [0.29, 0.717) is 30.3 Å². The summed E-state index contributed by atoms with van der Waals surface area (Å²) in [6, 6.07) is 5.30. The first-order chi connectivity index (χ1) is 8.83. The minimum absolute atomic E-state index is 0. The third kappa shape index (κ3) is 3.09. The van der Waals surface area contributed by atoms with E-state index < -0.39 is 6.10 Å². The number of hydrogen-bond acceptors (Lipinski definition) is 5. The number of halogens is 1. The fourth-order valence-electron chi connectivity index (χ4n) is 1.93. The summed E-state index contributed by atoms with van der Waals surface area (Å²) in [5.74, 6) is 1.19. The van der Waals surface area contributed by atoms with Gasteiger partial charge in [-0.3, -0.25) is 4.79 Å². The van der Waals surface area contributed by atoms with Crippen molar-refractivity contribution >= 4 is 24.0 Å². The molecule has 1 unspecified atom stereocenters. The van der Waals surface area contributed by atoms with Crippen LogP contribution < -0.4 is 20.1 Å². The summed E-state index contributed by atoms with van der Waals surface area (Å²) in [6.45, 7) is 2.10. The van der Waals surface area contributed by atoms with Crippen molar-refractivity contribution < 1.29 is 19.0 Å². The van der Waals surface area contributed by atoms with Gasteiger partial charge in [-0.15, -0.1) is 12.4 Å². The number of anilines is 1. The highest BCUT2D eigenvalue weighted by Gasteiger charge is 2.22. The van der Waals surface area contributed by atoms with Crippen LogP contribution in [0, 0.1) is 0 Å². The number of carbonyl (C=O) groups excluding carboxylic acids is 1. The summed E-state index contributed by atoms with van der Waals surface area (Å²) in [7, 11) is 0. The minimum atomic E-state index is -0.441. The van der Waals surface area contributed by atoms with E-state index in [1.54, 1.807) is 18.2 Å². The van der Waals surface area contributed by atoms with Gasteiger partial charge in [0.2, 0.25) is 6.79 Å². The largest absolute Gasteiger partial charge is 0.454 e. The average Bonchev–Trinajstić information content (AvgIpc) is 2.87. The lowest BCUT2D eigenvalue weighted by Gasteiger charge is -2.22. The number of carbonyl (C=O) groups is 1. The number of benzene rings is 1. The fourth-order valence-corrected chi connectivity index (χ4v) is 1.93. The number of rotatable bonds is 2. The van der Waals surface area contributed by atoms with Gasteiger partial charge in [0, 0.05) is 24.8 Å². The summed E-state index contributed by atoms with van der Waals surface area (Å²) < 4.78 is 15.8. The maximum atomic E-state index is 11.9. The molecule has 0 aromatic heterocycles.